The number of phenolic OH excluding ortho intramolecular Hbond substituents is 1. The molecule has 0 amide bonds. The van der Waals surface area contributed by atoms with Crippen molar-refractivity contribution in [1.82, 2.24) is 0 Å². The van der Waals surface area contributed by atoms with Crippen molar-refractivity contribution in [3.63, 3.8) is 0 Å². The smallest absolute Gasteiger partial charge is 0.269 e. The number of phenols is 1. The van der Waals surface area contributed by atoms with E-state index in [1.54, 1.807) is 30.3 Å². The lowest BCUT2D eigenvalue weighted by atomic mass is 9.94. The van der Waals surface area contributed by atoms with Crippen LogP contribution in [0.2, 0.25) is 0 Å². The summed E-state index contributed by atoms with van der Waals surface area (Å²) in [5.41, 5.74) is 5.25. The van der Waals surface area contributed by atoms with E-state index in [4.69, 9.17) is 4.74 Å². The summed E-state index contributed by atoms with van der Waals surface area (Å²) in [5.74, 6) is 0.460. The molecule has 166 valence electrons. The Hall–Kier alpha value is -2.39. The highest BCUT2D eigenvalue weighted by Crippen LogP contribution is 2.35. The zero-order valence-electron chi connectivity index (χ0n) is 17.6. The molecule has 3 N–H and O–H groups in total. The van der Waals surface area contributed by atoms with Gasteiger partial charge in [-0.05, 0) is 75.6 Å². The van der Waals surface area contributed by atoms with E-state index >= 15 is 0 Å². The van der Waals surface area contributed by atoms with E-state index in [-0.39, 0.29) is 17.4 Å². The van der Waals surface area contributed by atoms with Gasteiger partial charge < -0.3 is 20.1 Å². The quantitative estimate of drug-likeness (QED) is 0.175. The van der Waals surface area contributed by atoms with Gasteiger partial charge in [0, 0.05) is 25.0 Å². The van der Waals surface area contributed by atoms with Crippen molar-refractivity contribution < 1.29 is 25.0 Å². The van der Waals surface area contributed by atoms with Crippen LogP contribution in [0.1, 0.15) is 50.0 Å². The van der Waals surface area contributed by atoms with Crippen LogP contribution < -0.4 is 4.74 Å². The molecular weight excluding hydrogens is 513 g/mol. The first-order valence-corrected chi connectivity index (χ1v) is 10.8. The SMILES string of the molecule is COc1cc([C@H](O)CC=C=C(C[C@@H](O)c2ccc([N+](=O)[O-])cc2)C(C)C)cc(I)c1O. The van der Waals surface area contributed by atoms with Crippen LogP contribution in [0.5, 0.6) is 11.5 Å². The molecular formula is C23H26INO6. The lowest BCUT2D eigenvalue weighted by Crippen LogP contribution is -2.03. The number of aliphatic hydroxyl groups excluding tert-OH is 2. The number of halogens is 1. The van der Waals surface area contributed by atoms with Crippen molar-refractivity contribution in [2.24, 2.45) is 5.92 Å². The maximum absolute atomic E-state index is 10.8. The highest BCUT2D eigenvalue weighted by molar-refractivity contribution is 14.1. The van der Waals surface area contributed by atoms with Crippen LogP contribution in [0.25, 0.3) is 0 Å². The summed E-state index contributed by atoms with van der Waals surface area (Å²) < 4.78 is 5.72. The van der Waals surface area contributed by atoms with Crippen LogP contribution in [0.4, 0.5) is 5.69 Å². The number of methoxy groups -OCH3 is 1. The minimum absolute atomic E-state index is 0.0232. The monoisotopic (exact) mass is 539 g/mol. The largest absolute Gasteiger partial charge is 0.504 e. The summed E-state index contributed by atoms with van der Waals surface area (Å²) in [6, 6.07) is 9.14. The molecule has 2 aromatic rings. The number of non-ortho nitro benzene ring substituents is 1. The summed E-state index contributed by atoms with van der Waals surface area (Å²) in [5, 5.41) is 41.8. The molecule has 0 unspecified atom stereocenters. The number of hydrogen-bond acceptors (Lipinski definition) is 6. The average Bonchev–Trinajstić information content (AvgIpc) is 2.74. The van der Waals surface area contributed by atoms with E-state index in [0.717, 1.165) is 5.57 Å². The lowest BCUT2D eigenvalue weighted by molar-refractivity contribution is -0.384. The molecule has 0 heterocycles. The van der Waals surface area contributed by atoms with Gasteiger partial charge in [0.15, 0.2) is 11.5 Å². The molecule has 0 aliphatic carbocycles. The fraction of sp³-hybridized carbons (Fsp3) is 0.348. The Morgan fingerprint density at radius 1 is 1.19 bits per heavy atom. The lowest BCUT2D eigenvalue weighted by Gasteiger charge is -2.15. The predicted molar refractivity (Wildman–Crippen MR) is 126 cm³/mol. The molecule has 0 bridgehead atoms. The van der Waals surface area contributed by atoms with Crippen LogP contribution in [0.15, 0.2) is 53.8 Å². The van der Waals surface area contributed by atoms with Gasteiger partial charge in [0.2, 0.25) is 0 Å². The van der Waals surface area contributed by atoms with Crippen molar-refractivity contribution in [2.45, 2.75) is 38.9 Å². The summed E-state index contributed by atoms with van der Waals surface area (Å²) >= 11 is 1.98. The third-order valence-electron chi connectivity index (χ3n) is 4.88. The second kappa shape index (κ2) is 11.3. The molecule has 0 saturated heterocycles. The van der Waals surface area contributed by atoms with E-state index in [9.17, 15) is 25.4 Å². The molecule has 7 nitrogen and oxygen atoms in total. The number of aliphatic hydroxyl groups is 2. The number of aromatic hydroxyl groups is 1. The highest BCUT2D eigenvalue weighted by atomic mass is 127. The van der Waals surface area contributed by atoms with Gasteiger partial charge >= 0.3 is 0 Å². The molecule has 2 rings (SSSR count). The maximum atomic E-state index is 10.8. The fourth-order valence-corrected chi connectivity index (χ4v) is 3.61. The summed E-state index contributed by atoms with van der Waals surface area (Å²) in [6.07, 6.45) is 0.741. The van der Waals surface area contributed by atoms with Crippen LogP contribution in [0, 0.1) is 19.6 Å². The first kappa shape index (κ1) is 24.9. The Kier molecular flexibility index (Phi) is 9.06. The molecule has 0 spiro atoms. The number of nitrogens with zero attached hydrogens (tertiary/aromatic N) is 1. The molecule has 2 atom stereocenters. The number of nitro groups is 1. The van der Waals surface area contributed by atoms with Gasteiger partial charge in [0.1, 0.15) is 0 Å². The Morgan fingerprint density at radius 2 is 1.84 bits per heavy atom. The van der Waals surface area contributed by atoms with Gasteiger partial charge in [0.25, 0.3) is 5.69 Å². The minimum Gasteiger partial charge on any atom is -0.504 e. The molecule has 0 fully saturated rings. The molecule has 31 heavy (non-hydrogen) atoms. The van der Waals surface area contributed by atoms with Gasteiger partial charge in [0.05, 0.1) is 27.8 Å². The molecule has 0 radical (unpaired) electrons. The molecule has 2 aromatic carbocycles. The van der Waals surface area contributed by atoms with Gasteiger partial charge in [-0.2, -0.15) is 0 Å². The molecule has 8 heteroatoms. The first-order valence-electron chi connectivity index (χ1n) is 9.74. The van der Waals surface area contributed by atoms with E-state index in [2.05, 4.69) is 5.73 Å². The summed E-state index contributed by atoms with van der Waals surface area (Å²) in [6.45, 7) is 3.98. The molecule has 0 saturated carbocycles. The van der Waals surface area contributed by atoms with Crippen molar-refractivity contribution in [3.8, 4) is 11.5 Å². The standard InChI is InChI=1S/C23H26INO6/c1-14(2)16(12-21(27)15-7-9-18(10-8-15)25(29)30)5-4-6-20(26)17-11-19(24)23(28)22(13-17)31-3/h4,7-11,13-14,20-21,26-28H,6,12H2,1-3H3/t5?,20-,21-/m1/s1. The predicted octanol–water partition coefficient (Wildman–Crippen LogP) is 5.20. The number of ether oxygens (including phenoxy) is 1. The van der Waals surface area contributed by atoms with Crippen LogP contribution in [0.3, 0.4) is 0 Å². The van der Waals surface area contributed by atoms with Crippen molar-refractivity contribution in [1.29, 1.82) is 0 Å². The van der Waals surface area contributed by atoms with Crippen molar-refractivity contribution in [3.05, 3.63) is 78.6 Å². The Balaban J connectivity index is 2.14. The van der Waals surface area contributed by atoms with Crippen LogP contribution in [-0.4, -0.2) is 27.4 Å². The number of rotatable bonds is 9. The van der Waals surface area contributed by atoms with E-state index in [1.165, 1.54) is 19.2 Å². The van der Waals surface area contributed by atoms with Crippen molar-refractivity contribution in [2.75, 3.05) is 7.11 Å². The van der Waals surface area contributed by atoms with Gasteiger partial charge in [-0.1, -0.05) is 13.8 Å². The molecule has 0 aliphatic rings. The second-order valence-electron chi connectivity index (χ2n) is 7.40. The zero-order chi connectivity index (χ0) is 23.1. The fourth-order valence-electron chi connectivity index (χ4n) is 2.99. The Labute approximate surface area is 195 Å². The second-order valence-corrected chi connectivity index (χ2v) is 8.56. The third-order valence-corrected chi connectivity index (χ3v) is 5.71. The Morgan fingerprint density at radius 3 is 2.39 bits per heavy atom. The highest BCUT2D eigenvalue weighted by Gasteiger charge is 2.15. The average molecular weight is 539 g/mol. The third kappa shape index (κ3) is 6.80. The number of hydrogen-bond donors (Lipinski definition) is 3. The van der Waals surface area contributed by atoms with Gasteiger partial charge in [-0.3, -0.25) is 10.1 Å². The van der Waals surface area contributed by atoms with E-state index < -0.39 is 17.1 Å². The molecule has 0 aromatic heterocycles. The topological polar surface area (TPSA) is 113 Å². The van der Waals surface area contributed by atoms with Crippen LogP contribution in [-0.2, 0) is 0 Å². The summed E-state index contributed by atoms with van der Waals surface area (Å²) in [7, 11) is 1.45. The number of nitro benzene ring substituents is 1. The van der Waals surface area contributed by atoms with Gasteiger partial charge in [-0.15, -0.1) is 5.73 Å². The number of benzene rings is 2. The molecule has 0 aliphatic heterocycles. The van der Waals surface area contributed by atoms with Crippen molar-refractivity contribution >= 4 is 28.3 Å². The zero-order valence-corrected chi connectivity index (χ0v) is 19.7. The minimum atomic E-state index is -0.813. The Bertz CT molecular complexity index is 980. The van der Waals surface area contributed by atoms with Crippen LogP contribution >= 0.6 is 22.6 Å². The van der Waals surface area contributed by atoms with E-state index in [0.29, 0.717) is 33.3 Å². The van der Waals surface area contributed by atoms with Gasteiger partial charge in [-0.25, -0.2) is 0 Å². The summed E-state index contributed by atoms with van der Waals surface area (Å²) in [4.78, 5) is 10.3. The first-order chi connectivity index (χ1) is 14.6. The maximum Gasteiger partial charge on any atom is 0.269 e. The van der Waals surface area contributed by atoms with E-state index in [1.807, 2.05) is 36.4 Å². The normalized spacial score (nSPS) is 12.7.